The van der Waals surface area contributed by atoms with Crippen molar-refractivity contribution in [1.29, 1.82) is 0 Å². The van der Waals surface area contributed by atoms with Crippen LogP contribution in [0.1, 0.15) is 75.4 Å². The van der Waals surface area contributed by atoms with Gasteiger partial charge in [-0.3, -0.25) is 0 Å². The van der Waals surface area contributed by atoms with Gasteiger partial charge in [0.15, 0.2) is 5.82 Å². The molecule has 7 heteroatoms. The van der Waals surface area contributed by atoms with Gasteiger partial charge in [0.25, 0.3) is 0 Å². The lowest BCUT2D eigenvalue weighted by atomic mass is 9.85. The third-order valence-corrected chi connectivity index (χ3v) is 6.22. The molecule has 1 N–H and O–H groups in total. The number of rotatable bonds is 7. The number of nitrogens with one attached hydrogen (secondary N) is 1. The fraction of sp³-hybridized carbons (Fsp3) is 0.600. The third-order valence-electron chi connectivity index (χ3n) is 4.45. The minimum absolute atomic E-state index is 0.0237. The Balaban J connectivity index is 2.04. The van der Waals surface area contributed by atoms with Crippen LogP contribution in [-0.2, 0) is 21.9 Å². The van der Waals surface area contributed by atoms with Gasteiger partial charge < -0.3 is 4.52 Å². The lowest BCUT2D eigenvalue weighted by Gasteiger charge is -2.22. The van der Waals surface area contributed by atoms with Crippen molar-refractivity contribution in [2.75, 3.05) is 6.54 Å². The fourth-order valence-corrected chi connectivity index (χ4v) is 4.45. The van der Waals surface area contributed by atoms with E-state index in [-0.39, 0.29) is 11.3 Å². The molecule has 150 valence electrons. The van der Waals surface area contributed by atoms with Gasteiger partial charge in [-0.05, 0) is 42.4 Å². The summed E-state index contributed by atoms with van der Waals surface area (Å²) in [6.07, 6.45) is 1.14. The van der Waals surface area contributed by atoms with E-state index < -0.39 is 10.0 Å². The SMILES string of the molecule is Cc1cc(C(C)(C)C)cc(C)c1S(=O)(=O)NCCCc1nc(C(C)C)no1. The summed E-state index contributed by atoms with van der Waals surface area (Å²) in [4.78, 5) is 4.68. The summed E-state index contributed by atoms with van der Waals surface area (Å²) in [7, 11) is -3.56. The van der Waals surface area contributed by atoms with Crippen molar-refractivity contribution in [3.05, 3.63) is 40.5 Å². The van der Waals surface area contributed by atoms with E-state index in [0.29, 0.717) is 36.0 Å². The van der Waals surface area contributed by atoms with Crippen LogP contribution in [0, 0.1) is 13.8 Å². The highest BCUT2D eigenvalue weighted by molar-refractivity contribution is 7.89. The van der Waals surface area contributed by atoms with Gasteiger partial charge in [0.1, 0.15) is 0 Å². The molecule has 0 unspecified atom stereocenters. The Kier molecular flexibility index (Phi) is 6.47. The Labute approximate surface area is 162 Å². The van der Waals surface area contributed by atoms with E-state index >= 15 is 0 Å². The van der Waals surface area contributed by atoms with Gasteiger partial charge >= 0.3 is 0 Å². The van der Waals surface area contributed by atoms with E-state index in [4.69, 9.17) is 4.52 Å². The molecule has 0 fully saturated rings. The van der Waals surface area contributed by atoms with E-state index in [1.165, 1.54) is 0 Å². The van der Waals surface area contributed by atoms with Crippen LogP contribution in [0.3, 0.4) is 0 Å². The molecule has 0 radical (unpaired) electrons. The normalized spacial score (nSPS) is 12.7. The number of hydrogen-bond donors (Lipinski definition) is 1. The quantitative estimate of drug-likeness (QED) is 0.718. The number of benzene rings is 1. The molecule has 6 nitrogen and oxygen atoms in total. The highest BCUT2D eigenvalue weighted by Crippen LogP contribution is 2.29. The molecule has 0 saturated carbocycles. The first-order valence-electron chi connectivity index (χ1n) is 9.35. The van der Waals surface area contributed by atoms with E-state index in [0.717, 1.165) is 16.7 Å². The maximum atomic E-state index is 12.8. The lowest BCUT2D eigenvalue weighted by Crippen LogP contribution is -2.27. The van der Waals surface area contributed by atoms with Crippen LogP contribution in [0.4, 0.5) is 0 Å². The van der Waals surface area contributed by atoms with Crippen molar-refractivity contribution in [2.45, 2.75) is 77.5 Å². The second-order valence-electron chi connectivity index (χ2n) is 8.39. The van der Waals surface area contributed by atoms with Crippen molar-refractivity contribution in [3.63, 3.8) is 0 Å². The zero-order valence-corrected chi connectivity index (χ0v) is 18.2. The van der Waals surface area contributed by atoms with Crippen molar-refractivity contribution in [1.82, 2.24) is 14.9 Å². The van der Waals surface area contributed by atoms with Gasteiger partial charge in [-0.1, -0.05) is 51.9 Å². The van der Waals surface area contributed by atoms with E-state index in [2.05, 4.69) is 35.6 Å². The van der Waals surface area contributed by atoms with E-state index in [1.54, 1.807) is 0 Å². The largest absolute Gasteiger partial charge is 0.339 e. The third kappa shape index (κ3) is 5.39. The van der Waals surface area contributed by atoms with Crippen molar-refractivity contribution >= 4 is 10.0 Å². The molecule has 2 rings (SSSR count). The van der Waals surface area contributed by atoms with Crippen LogP contribution in [0.15, 0.2) is 21.6 Å². The number of aromatic nitrogens is 2. The zero-order chi connectivity index (χ0) is 20.4. The minimum atomic E-state index is -3.56. The number of aryl methyl sites for hydroxylation is 3. The minimum Gasteiger partial charge on any atom is -0.339 e. The van der Waals surface area contributed by atoms with Crippen LogP contribution < -0.4 is 4.72 Å². The lowest BCUT2D eigenvalue weighted by molar-refractivity contribution is 0.368. The molecular formula is C20H31N3O3S. The Morgan fingerprint density at radius 2 is 1.74 bits per heavy atom. The van der Waals surface area contributed by atoms with Crippen LogP contribution in [0.5, 0.6) is 0 Å². The second-order valence-corrected chi connectivity index (χ2v) is 10.1. The first-order chi connectivity index (χ1) is 12.4. The van der Waals surface area contributed by atoms with E-state index in [1.807, 2.05) is 39.8 Å². The molecule has 0 bridgehead atoms. The first kappa shape index (κ1) is 21.6. The predicted molar refractivity (Wildman–Crippen MR) is 107 cm³/mol. The molecule has 0 saturated heterocycles. The average molecular weight is 394 g/mol. The summed E-state index contributed by atoms with van der Waals surface area (Å²) in [5, 5.41) is 3.92. The predicted octanol–water partition coefficient (Wildman–Crippen LogP) is 4.02. The van der Waals surface area contributed by atoms with Gasteiger partial charge in [0.05, 0.1) is 4.90 Å². The first-order valence-corrected chi connectivity index (χ1v) is 10.8. The Morgan fingerprint density at radius 3 is 2.22 bits per heavy atom. The Hall–Kier alpha value is -1.73. The summed E-state index contributed by atoms with van der Waals surface area (Å²) < 4.78 is 33.4. The van der Waals surface area contributed by atoms with Gasteiger partial charge in [0, 0.05) is 18.9 Å². The fourth-order valence-electron chi connectivity index (χ4n) is 2.93. The monoisotopic (exact) mass is 393 g/mol. The van der Waals surface area contributed by atoms with Gasteiger partial charge in [0.2, 0.25) is 15.9 Å². The van der Waals surface area contributed by atoms with Crippen LogP contribution >= 0.6 is 0 Å². The maximum Gasteiger partial charge on any atom is 0.241 e. The Bertz CT molecular complexity index is 870. The molecule has 2 aromatic rings. The van der Waals surface area contributed by atoms with Gasteiger partial charge in [-0.15, -0.1) is 0 Å². The molecule has 0 aliphatic carbocycles. The molecule has 0 aliphatic rings. The summed E-state index contributed by atoms with van der Waals surface area (Å²) >= 11 is 0. The van der Waals surface area contributed by atoms with Crippen LogP contribution in [-0.4, -0.2) is 25.1 Å². The van der Waals surface area contributed by atoms with Crippen molar-refractivity contribution in [3.8, 4) is 0 Å². The zero-order valence-electron chi connectivity index (χ0n) is 17.4. The smallest absolute Gasteiger partial charge is 0.241 e. The van der Waals surface area contributed by atoms with Crippen LogP contribution in [0.2, 0.25) is 0 Å². The molecule has 0 atom stereocenters. The molecular weight excluding hydrogens is 362 g/mol. The standard InChI is InChI=1S/C20H31N3O3S/c1-13(2)19-22-17(26-23-19)9-8-10-21-27(24,25)18-14(3)11-16(12-15(18)4)20(5,6)7/h11-13,21H,8-10H2,1-7H3. The van der Waals surface area contributed by atoms with Crippen molar-refractivity contribution in [2.24, 2.45) is 0 Å². The molecule has 0 amide bonds. The topological polar surface area (TPSA) is 85.1 Å². The molecule has 1 aromatic carbocycles. The number of nitrogens with zero attached hydrogens (tertiary/aromatic N) is 2. The van der Waals surface area contributed by atoms with Gasteiger partial charge in [-0.2, -0.15) is 4.98 Å². The second kappa shape index (κ2) is 8.10. The highest BCUT2D eigenvalue weighted by Gasteiger charge is 2.23. The average Bonchev–Trinajstić information content (AvgIpc) is 2.99. The molecule has 1 heterocycles. The molecule has 27 heavy (non-hydrogen) atoms. The summed E-state index contributed by atoms with van der Waals surface area (Å²) in [5.41, 5.74) is 2.65. The summed E-state index contributed by atoms with van der Waals surface area (Å²) in [6, 6.07) is 3.93. The van der Waals surface area contributed by atoms with Gasteiger partial charge in [-0.25, -0.2) is 13.1 Å². The number of hydrogen-bond acceptors (Lipinski definition) is 5. The number of sulfonamides is 1. The van der Waals surface area contributed by atoms with E-state index in [9.17, 15) is 8.42 Å². The van der Waals surface area contributed by atoms with Crippen LogP contribution in [0.25, 0.3) is 0 Å². The molecule has 0 spiro atoms. The van der Waals surface area contributed by atoms with Crippen molar-refractivity contribution < 1.29 is 12.9 Å². The Morgan fingerprint density at radius 1 is 1.15 bits per heavy atom. The molecule has 1 aromatic heterocycles. The summed E-state index contributed by atoms with van der Waals surface area (Å²) in [5.74, 6) is 1.43. The maximum absolute atomic E-state index is 12.8. The summed E-state index contributed by atoms with van der Waals surface area (Å²) in [6.45, 7) is 14.4. The highest BCUT2D eigenvalue weighted by atomic mass is 32.2. The molecule has 0 aliphatic heterocycles.